The zero-order chi connectivity index (χ0) is 13.4. The summed E-state index contributed by atoms with van der Waals surface area (Å²) in [5, 5.41) is 0. The average Bonchev–Trinajstić information content (AvgIpc) is 2.40. The van der Waals surface area contributed by atoms with E-state index in [2.05, 4.69) is 11.8 Å². The highest BCUT2D eigenvalue weighted by Gasteiger charge is 2.31. The Kier molecular flexibility index (Phi) is 7.82. The molecule has 4 nitrogen and oxygen atoms in total. The van der Waals surface area contributed by atoms with E-state index >= 15 is 0 Å². The lowest BCUT2D eigenvalue weighted by Crippen LogP contribution is -2.53. The van der Waals surface area contributed by atoms with Crippen LogP contribution >= 0.6 is 0 Å². The molecule has 0 saturated heterocycles. The van der Waals surface area contributed by atoms with Crippen LogP contribution in [0, 0.1) is 5.92 Å². The third kappa shape index (κ3) is 4.84. The molecule has 0 aromatic rings. The lowest BCUT2D eigenvalue weighted by molar-refractivity contribution is 0.0544. The molecule has 4 heteroatoms. The van der Waals surface area contributed by atoms with Crippen molar-refractivity contribution in [1.29, 1.82) is 0 Å². The summed E-state index contributed by atoms with van der Waals surface area (Å²) in [6.07, 6.45) is 4.94. The third-order valence-electron chi connectivity index (χ3n) is 4.19. The molecule has 0 radical (unpaired) electrons. The first kappa shape index (κ1) is 15.9. The maximum absolute atomic E-state index is 6.32. The fourth-order valence-corrected chi connectivity index (χ4v) is 2.91. The van der Waals surface area contributed by atoms with Crippen LogP contribution in [0.25, 0.3) is 0 Å². The van der Waals surface area contributed by atoms with Gasteiger partial charge in [-0.3, -0.25) is 4.90 Å². The predicted octanol–water partition coefficient (Wildman–Crippen LogP) is 1.49. The van der Waals surface area contributed by atoms with Gasteiger partial charge in [0.05, 0.1) is 13.2 Å². The van der Waals surface area contributed by atoms with Gasteiger partial charge in [0.1, 0.15) is 0 Å². The lowest BCUT2D eigenvalue weighted by Gasteiger charge is -2.41. The molecule has 3 unspecified atom stereocenters. The van der Waals surface area contributed by atoms with Crippen LogP contribution in [0.3, 0.4) is 0 Å². The zero-order valence-corrected chi connectivity index (χ0v) is 12.2. The summed E-state index contributed by atoms with van der Waals surface area (Å²) in [5.41, 5.74) is 6.32. The van der Waals surface area contributed by atoms with E-state index in [1.54, 1.807) is 14.2 Å². The largest absolute Gasteiger partial charge is 0.383 e. The average molecular weight is 258 g/mol. The summed E-state index contributed by atoms with van der Waals surface area (Å²) in [6.45, 7) is 5.73. The Morgan fingerprint density at radius 2 is 1.72 bits per heavy atom. The van der Waals surface area contributed by atoms with Gasteiger partial charge in [-0.15, -0.1) is 0 Å². The number of ether oxygens (including phenoxy) is 2. The number of nitrogens with zero attached hydrogens (tertiary/aromatic N) is 1. The van der Waals surface area contributed by atoms with Gasteiger partial charge in [-0.1, -0.05) is 13.3 Å². The molecule has 108 valence electrons. The van der Waals surface area contributed by atoms with E-state index < -0.39 is 0 Å². The molecule has 0 amide bonds. The molecule has 0 aromatic heterocycles. The van der Waals surface area contributed by atoms with Crippen LogP contribution in [0.5, 0.6) is 0 Å². The van der Waals surface area contributed by atoms with Crippen LogP contribution in [0.15, 0.2) is 0 Å². The Balaban J connectivity index is 2.55. The Labute approximate surface area is 112 Å². The monoisotopic (exact) mass is 258 g/mol. The van der Waals surface area contributed by atoms with Crippen molar-refractivity contribution in [3.05, 3.63) is 0 Å². The number of hydrogen-bond acceptors (Lipinski definition) is 4. The first-order chi connectivity index (χ1) is 8.72. The molecular formula is C14H30N2O2. The lowest BCUT2D eigenvalue weighted by atomic mass is 9.80. The van der Waals surface area contributed by atoms with Gasteiger partial charge in [0.25, 0.3) is 0 Å². The number of methoxy groups -OCH3 is 2. The second-order valence-electron chi connectivity index (χ2n) is 5.34. The predicted molar refractivity (Wildman–Crippen MR) is 74.7 cm³/mol. The molecule has 1 aliphatic carbocycles. The van der Waals surface area contributed by atoms with Gasteiger partial charge >= 0.3 is 0 Å². The highest BCUT2D eigenvalue weighted by molar-refractivity contribution is 4.89. The Bertz CT molecular complexity index is 206. The van der Waals surface area contributed by atoms with Gasteiger partial charge in [0.2, 0.25) is 0 Å². The standard InChI is InChI=1S/C14H30N2O2/c1-4-12-5-6-13(15)14(11-12)16(7-9-17-2)8-10-18-3/h12-14H,4-11,15H2,1-3H3. The summed E-state index contributed by atoms with van der Waals surface area (Å²) < 4.78 is 10.4. The molecule has 1 aliphatic rings. The smallest absolute Gasteiger partial charge is 0.0589 e. The summed E-state index contributed by atoms with van der Waals surface area (Å²) in [6, 6.07) is 0.801. The maximum atomic E-state index is 6.32. The minimum atomic E-state index is 0.307. The van der Waals surface area contributed by atoms with Gasteiger partial charge < -0.3 is 15.2 Å². The Morgan fingerprint density at radius 1 is 1.11 bits per heavy atom. The van der Waals surface area contributed by atoms with Gasteiger partial charge in [-0.05, 0) is 25.2 Å². The second kappa shape index (κ2) is 8.86. The van der Waals surface area contributed by atoms with E-state index in [0.717, 1.165) is 38.6 Å². The molecule has 0 aromatic carbocycles. The first-order valence-electron chi connectivity index (χ1n) is 7.20. The SMILES string of the molecule is CCC1CCC(N)C(N(CCOC)CCOC)C1. The molecule has 1 saturated carbocycles. The fraction of sp³-hybridized carbons (Fsp3) is 1.00. The number of rotatable bonds is 8. The van der Waals surface area contributed by atoms with E-state index in [4.69, 9.17) is 15.2 Å². The molecule has 18 heavy (non-hydrogen) atoms. The normalized spacial score (nSPS) is 28.8. The van der Waals surface area contributed by atoms with Crippen molar-refractivity contribution in [3.8, 4) is 0 Å². The fourth-order valence-electron chi connectivity index (χ4n) is 2.91. The van der Waals surface area contributed by atoms with Crippen LogP contribution in [-0.2, 0) is 9.47 Å². The van der Waals surface area contributed by atoms with Crippen molar-refractivity contribution in [2.75, 3.05) is 40.5 Å². The third-order valence-corrected chi connectivity index (χ3v) is 4.19. The van der Waals surface area contributed by atoms with E-state index in [-0.39, 0.29) is 0 Å². The molecule has 2 N–H and O–H groups in total. The van der Waals surface area contributed by atoms with Crippen molar-refractivity contribution < 1.29 is 9.47 Å². The topological polar surface area (TPSA) is 47.7 Å². The quantitative estimate of drug-likeness (QED) is 0.716. The highest BCUT2D eigenvalue weighted by Crippen LogP contribution is 2.29. The minimum Gasteiger partial charge on any atom is -0.383 e. The minimum absolute atomic E-state index is 0.307. The highest BCUT2D eigenvalue weighted by atomic mass is 16.5. The summed E-state index contributed by atoms with van der Waals surface area (Å²) in [5.74, 6) is 0.836. The summed E-state index contributed by atoms with van der Waals surface area (Å²) in [7, 11) is 3.51. The van der Waals surface area contributed by atoms with Gasteiger partial charge in [0.15, 0.2) is 0 Å². The van der Waals surface area contributed by atoms with Crippen LogP contribution in [-0.4, -0.2) is 57.5 Å². The molecule has 0 aliphatic heterocycles. The molecule has 0 heterocycles. The van der Waals surface area contributed by atoms with Gasteiger partial charge in [0, 0.05) is 39.4 Å². The van der Waals surface area contributed by atoms with Crippen LogP contribution < -0.4 is 5.73 Å². The van der Waals surface area contributed by atoms with Crippen LogP contribution in [0.1, 0.15) is 32.6 Å². The Hall–Kier alpha value is -0.160. The van der Waals surface area contributed by atoms with Crippen molar-refractivity contribution in [3.63, 3.8) is 0 Å². The van der Waals surface area contributed by atoms with Gasteiger partial charge in [-0.2, -0.15) is 0 Å². The van der Waals surface area contributed by atoms with Crippen molar-refractivity contribution in [2.24, 2.45) is 11.7 Å². The number of hydrogen-bond donors (Lipinski definition) is 1. The molecule has 0 bridgehead atoms. The molecular weight excluding hydrogens is 228 g/mol. The maximum Gasteiger partial charge on any atom is 0.0589 e. The van der Waals surface area contributed by atoms with Gasteiger partial charge in [-0.25, -0.2) is 0 Å². The Morgan fingerprint density at radius 3 is 2.22 bits per heavy atom. The summed E-state index contributed by atoms with van der Waals surface area (Å²) >= 11 is 0. The van der Waals surface area contributed by atoms with E-state index in [0.29, 0.717) is 12.1 Å². The van der Waals surface area contributed by atoms with E-state index in [1.807, 2.05) is 0 Å². The van der Waals surface area contributed by atoms with Crippen LogP contribution in [0.4, 0.5) is 0 Å². The molecule has 3 atom stereocenters. The van der Waals surface area contributed by atoms with Crippen molar-refractivity contribution in [2.45, 2.75) is 44.7 Å². The first-order valence-corrected chi connectivity index (χ1v) is 7.20. The van der Waals surface area contributed by atoms with Crippen molar-refractivity contribution in [1.82, 2.24) is 4.90 Å². The molecule has 0 spiro atoms. The number of nitrogens with two attached hydrogens (primary N) is 1. The van der Waals surface area contributed by atoms with E-state index in [9.17, 15) is 0 Å². The molecule has 1 fully saturated rings. The van der Waals surface area contributed by atoms with E-state index in [1.165, 1.54) is 19.3 Å². The molecule has 1 rings (SSSR count). The summed E-state index contributed by atoms with van der Waals surface area (Å²) in [4.78, 5) is 2.46. The van der Waals surface area contributed by atoms with Crippen LogP contribution in [0.2, 0.25) is 0 Å². The van der Waals surface area contributed by atoms with Crippen molar-refractivity contribution >= 4 is 0 Å². The zero-order valence-electron chi connectivity index (χ0n) is 12.2. The second-order valence-corrected chi connectivity index (χ2v) is 5.34.